The van der Waals surface area contributed by atoms with Gasteiger partial charge in [0.05, 0.1) is 20.2 Å². The molecule has 0 radical (unpaired) electrons. The van der Waals surface area contributed by atoms with Gasteiger partial charge in [0, 0.05) is 24.9 Å². The summed E-state index contributed by atoms with van der Waals surface area (Å²) in [5.74, 6) is 0.187. The number of amides is 1. The van der Waals surface area contributed by atoms with Crippen LogP contribution in [0, 0.1) is 0 Å². The minimum Gasteiger partial charge on any atom is -0.391 e. The van der Waals surface area contributed by atoms with E-state index in [4.69, 9.17) is 0 Å². The van der Waals surface area contributed by atoms with Crippen molar-refractivity contribution in [1.82, 2.24) is 5.32 Å². The Bertz CT molecular complexity index is 521. The van der Waals surface area contributed by atoms with Gasteiger partial charge in [-0.05, 0) is 6.42 Å². The lowest BCUT2D eigenvalue weighted by atomic mass is 10.1. The lowest BCUT2D eigenvalue weighted by Gasteiger charge is -2.34. The van der Waals surface area contributed by atoms with E-state index in [1.165, 1.54) is 56.9 Å². The van der Waals surface area contributed by atoms with Crippen LogP contribution in [0.15, 0.2) is 30.3 Å². The number of hydrogen-bond acceptors (Lipinski definition) is 2. The molecule has 0 bridgehead atoms. The average Bonchev–Trinajstić information content (AvgIpc) is 2.71. The Morgan fingerprint density at radius 2 is 1.52 bits per heavy atom. The predicted molar refractivity (Wildman–Crippen MR) is 123 cm³/mol. The number of hydrogen-bond donors (Lipinski definition) is 2. The second-order valence-electron chi connectivity index (χ2n) is 8.72. The Kier molecular flexibility index (Phi) is 14.5. The van der Waals surface area contributed by atoms with E-state index in [9.17, 15) is 9.90 Å². The van der Waals surface area contributed by atoms with E-state index in [-0.39, 0.29) is 12.5 Å². The fraction of sp³-hybridized carbons (Fsp3) is 0.720. The first-order valence-corrected chi connectivity index (χ1v) is 11.8. The van der Waals surface area contributed by atoms with Crippen LogP contribution in [0.1, 0.15) is 83.1 Å². The molecule has 0 saturated heterocycles. The molecule has 2 N–H and O–H groups in total. The topological polar surface area (TPSA) is 49.3 Å². The summed E-state index contributed by atoms with van der Waals surface area (Å²) in [7, 11) is 2.19. The van der Waals surface area contributed by atoms with Crippen molar-refractivity contribution in [3.05, 3.63) is 35.9 Å². The first-order valence-electron chi connectivity index (χ1n) is 11.8. The zero-order valence-corrected chi connectivity index (χ0v) is 19.0. The van der Waals surface area contributed by atoms with E-state index >= 15 is 0 Å². The molecule has 166 valence electrons. The highest BCUT2D eigenvalue weighted by atomic mass is 16.3. The molecule has 0 aliphatic rings. The van der Waals surface area contributed by atoms with Gasteiger partial charge < -0.3 is 14.9 Å². The zero-order valence-electron chi connectivity index (χ0n) is 19.0. The normalized spacial score (nSPS) is 13.2. The van der Waals surface area contributed by atoms with Crippen LogP contribution in [0.25, 0.3) is 0 Å². The van der Waals surface area contributed by atoms with E-state index in [0.29, 0.717) is 6.42 Å². The number of aliphatic hydroxyl groups is 1. The number of aliphatic hydroxyl groups excluding tert-OH is 1. The molecule has 0 aliphatic carbocycles. The Labute approximate surface area is 179 Å². The summed E-state index contributed by atoms with van der Waals surface area (Å²) in [4.78, 5) is 12.0. The summed E-state index contributed by atoms with van der Waals surface area (Å²) in [6.45, 7) is 5.77. The van der Waals surface area contributed by atoms with Crippen molar-refractivity contribution in [3.8, 4) is 0 Å². The van der Waals surface area contributed by atoms with Crippen LogP contribution in [0.4, 0.5) is 0 Å². The van der Waals surface area contributed by atoms with Gasteiger partial charge in [-0.3, -0.25) is 4.79 Å². The highest BCUT2D eigenvalue weighted by Gasteiger charge is 2.21. The zero-order chi connectivity index (χ0) is 21.2. The molecule has 4 nitrogen and oxygen atoms in total. The molecule has 1 unspecified atom stereocenters. The number of carbonyl (C=O) groups is 1. The van der Waals surface area contributed by atoms with E-state index in [2.05, 4.69) is 43.6 Å². The van der Waals surface area contributed by atoms with Crippen molar-refractivity contribution in [1.29, 1.82) is 0 Å². The molecule has 0 aromatic heterocycles. The summed E-state index contributed by atoms with van der Waals surface area (Å²) in [6.07, 6.45) is 13.1. The number of rotatable bonds is 18. The number of nitrogens with zero attached hydrogens (tertiary/aromatic N) is 1. The van der Waals surface area contributed by atoms with Crippen LogP contribution >= 0.6 is 0 Å². The molecule has 0 spiro atoms. The smallest absolute Gasteiger partial charge is 0.219 e. The summed E-state index contributed by atoms with van der Waals surface area (Å²) < 4.78 is 0.800. The lowest BCUT2D eigenvalue weighted by Crippen LogP contribution is -2.46. The second kappa shape index (κ2) is 16.4. The number of quaternary nitrogens is 1. The molecule has 1 atom stereocenters. The molecule has 1 rings (SSSR count). The predicted octanol–water partition coefficient (Wildman–Crippen LogP) is 5.05. The van der Waals surface area contributed by atoms with Crippen molar-refractivity contribution in [3.63, 3.8) is 0 Å². The summed E-state index contributed by atoms with van der Waals surface area (Å²) >= 11 is 0. The third-order valence-electron chi connectivity index (χ3n) is 5.75. The maximum Gasteiger partial charge on any atom is 0.219 e. The average molecular weight is 406 g/mol. The number of likely N-dealkylation sites (N-methyl/N-ethyl adjacent to an activating group) is 1. The lowest BCUT2D eigenvalue weighted by molar-refractivity contribution is -0.922. The largest absolute Gasteiger partial charge is 0.391 e. The first kappa shape index (κ1) is 25.6. The maximum absolute atomic E-state index is 12.0. The minimum atomic E-state index is 0.187. The number of nitrogens with one attached hydrogen (secondary N) is 1. The Morgan fingerprint density at radius 1 is 0.897 bits per heavy atom. The van der Waals surface area contributed by atoms with Gasteiger partial charge in [-0.2, -0.15) is 0 Å². The summed E-state index contributed by atoms with van der Waals surface area (Å²) in [6, 6.07) is 10.4. The number of benzene rings is 1. The molecule has 0 saturated carbocycles. The van der Waals surface area contributed by atoms with Gasteiger partial charge in [-0.15, -0.1) is 0 Å². The van der Waals surface area contributed by atoms with Gasteiger partial charge in [0.25, 0.3) is 0 Å². The highest BCUT2D eigenvalue weighted by molar-refractivity contribution is 5.75. The van der Waals surface area contributed by atoms with Crippen molar-refractivity contribution >= 4 is 5.91 Å². The Morgan fingerprint density at radius 3 is 2.14 bits per heavy atom. The molecular formula is C25H45N2O2+. The van der Waals surface area contributed by atoms with E-state index in [1.54, 1.807) is 0 Å². The highest BCUT2D eigenvalue weighted by Crippen LogP contribution is 2.13. The van der Waals surface area contributed by atoms with Crippen molar-refractivity contribution in [2.75, 3.05) is 33.3 Å². The third kappa shape index (κ3) is 13.5. The van der Waals surface area contributed by atoms with Gasteiger partial charge >= 0.3 is 0 Å². The molecule has 0 aliphatic heterocycles. The van der Waals surface area contributed by atoms with Crippen LogP contribution in [-0.2, 0) is 11.3 Å². The van der Waals surface area contributed by atoms with Gasteiger partial charge in [0.1, 0.15) is 13.1 Å². The van der Waals surface area contributed by atoms with Crippen LogP contribution in [0.2, 0.25) is 0 Å². The SMILES string of the molecule is CCCCCCCCCCCC(=O)NCCC[N+](C)(CCO)Cc1ccccc1. The molecule has 1 aromatic carbocycles. The van der Waals surface area contributed by atoms with Gasteiger partial charge in [-0.25, -0.2) is 0 Å². The van der Waals surface area contributed by atoms with E-state index in [1.807, 2.05) is 6.07 Å². The molecule has 0 heterocycles. The molecule has 1 aromatic rings. The quantitative estimate of drug-likeness (QED) is 0.265. The van der Waals surface area contributed by atoms with E-state index in [0.717, 1.165) is 43.5 Å². The third-order valence-corrected chi connectivity index (χ3v) is 5.75. The minimum absolute atomic E-state index is 0.187. The van der Waals surface area contributed by atoms with Gasteiger partial charge in [-0.1, -0.05) is 88.6 Å². The van der Waals surface area contributed by atoms with Crippen LogP contribution in [0.5, 0.6) is 0 Å². The van der Waals surface area contributed by atoms with Gasteiger partial charge in [0.2, 0.25) is 5.91 Å². The van der Waals surface area contributed by atoms with Gasteiger partial charge in [0.15, 0.2) is 0 Å². The van der Waals surface area contributed by atoms with Crippen molar-refractivity contribution in [2.45, 2.75) is 84.1 Å². The second-order valence-corrected chi connectivity index (χ2v) is 8.72. The maximum atomic E-state index is 12.0. The van der Waals surface area contributed by atoms with Crippen LogP contribution in [0.3, 0.4) is 0 Å². The van der Waals surface area contributed by atoms with E-state index < -0.39 is 0 Å². The number of unbranched alkanes of at least 4 members (excludes halogenated alkanes) is 8. The fourth-order valence-corrected chi connectivity index (χ4v) is 3.91. The monoisotopic (exact) mass is 405 g/mol. The summed E-state index contributed by atoms with van der Waals surface area (Å²) in [5.41, 5.74) is 1.29. The van der Waals surface area contributed by atoms with Crippen molar-refractivity contribution in [2.24, 2.45) is 0 Å². The first-order chi connectivity index (χ1) is 14.1. The molecular weight excluding hydrogens is 360 g/mol. The summed E-state index contributed by atoms with van der Waals surface area (Å²) in [5, 5.41) is 12.5. The standard InChI is InChI=1S/C25H44N2O2/c1-3-4-5-6-7-8-9-10-14-18-25(29)26-19-15-20-27(2,21-22-28)23-24-16-12-11-13-17-24/h11-13,16-17,28H,3-10,14-15,18-23H2,1-2H3/p+1. The molecule has 29 heavy (non-hydrogen) atoms. The van der Waals surface area contributed by atoms with Crippen LogP contribution in [-0.4, -0.2) is 48.8 Å². The molecule has 1 amide bonds. The van der Waals surface area contributed by atoms with Crippen LogP contribution < -0.4 is 5.32 Å². The molecule has 0 fully saturated rings. The Hall–Kier alpha value is -1.39. The molecule has 4 heteroatoms. The van der Waals surface area contributed by atoms with Crippen molar-refractivity contribution < 1.29 is 14.4 Å². The number of carbonyl (C=O) groups excluding carboxylic acids is 1. The Balaban J connectivity index is 2.10. The fourth-order valence-electron chi connectivity index (χ4n) is 3.91.